The number of halogens is 2. The van der Waals surface area contributed by atoms with Gasteiger partial charge < -0.3 is 5.32 Å². The Bertz CT molecular complexity index is 768. The van der Waals surface area contributed by atoms with Crippen molar-refractivity contribution in [1.82, 2.24) is 0 Å². The first kappa shape index (κ1) is 14.3. The molecule has 0 bridgehead atoms. The summed E-state index contributed by atoms with van der Waals surface area (Å²) in [6.07, 6.45) is 5.80. The lowest BCUT2D eigenvalue weighted by Crippen LogP contribution is -2.29. The van der Waals surface area contributed by atoms with Gasteiger partial charge in [-0.15, -0.1) is 0 Å². The van der Waals surface area contributed by atoms with E-state index in [1.807, 2.05) is 6.07 Å². The summed E-state index contributed by atoms with van der Waals surface area (Å²) in [5, 5.41) is 4.61. The Kier molecular flexibility index (Phi) is 3.54. The van der Waals surface area contributed by atoms with Crippen molar-refractivity contribution in [3.05, 3.63) is 74.7 Å². The van der Waals surface area contributed by atoms with Gasteiger partial charge in [0.25, 0.3) is 0 Å². The van der Waals surface area contributed by atoms with Crippen LogP contribution in [0.2, 0.25) is 5.02 Å². The van der Waals surface area contributed by atoms with Crippen LogP contribution < -0.4 is 5.32 Å². The van der Waals surface area contributed by atoms with E-state index in [0.717, 1.165) is 17.0 Å². The van der Waals surface area contributed by atoms with Crippen molar-refractivity contribution >= 4 is 33.2 Å². The zero-order valence-electron chi connectivity index (χ0n) is 12.3. The van der Waals surface area contributed by atoms with Gasteiger partial charge in [0.2, 0.25) is 0 Å². The zero-order chi connectivity index (χ0) is 15.3. The molecular formula is C19H17BrClN. The van der Waals surface area contributed by atoms with Crippen LogP contribution in [0.25, 0.3) is 0 Å². The van der Waals surface area contributed by atoms with Gasteiger partial charge in [0.05, 0.1) is 6.04 Å². The molecule has 0 unspecified atom stereocenters. The molecule has 1 aliphatic carbocycles. The highest BCUT2D eigenvalue weighted by Gasteiger charge is 2.39. The third-order valence-electron chi connectivity index (χ3n) is 4.97. The topological polar surface area (TPSA) is 12.0 Å². The number of benzene rings is 2. The van der Waals surface area contributed by atoms with Crippen molar-refractivity contribution in [2.75, 3.05) is 5.32 Å². The van der Waals surface area contributed by atoms with Crippen molar-refractivity contribution in [2.45, 2.75) is 25.3 Å². The molecule has 22 heavy (non-hydrogen) atoms. The molecule has 0 amide bonds. The number of allylic oxidation sites excluding steroid dienone is 2. The van der Waals surface area contributed by atoms with Crippen LogP contribution >= 0.6 is 27.5 Å². The summed E-state index contributed by atoms with van der Waals surface area (Å²) >= 11 is 10.1. The molecule has 112 valence electrons. The van der Waals surface area contributed by atoms with E-state index in [9.17, 15) is 0 Å². The first-order valence-corrected chi connectivity index (χ1v) is 8.80. The molecule has 2 aromatic rings. The molecule has 1 N–H and O–H groups in total. The quantitative estimate of drug-likeness (QED) is 0.583. The molecule has 0 radical (unpaired) electrons. The van der Waals surface area contributed by atoms with Gasteiger partial charge in [-0.2, -0.15) is 0 Å². The fourth-order valence-corrected chi connectivity index (χ4v) is 4.51. The smallest absolute Gasteiger partial charge is 0.0565 e. The Balaban J connectivity index is 1.87. The van der Waals surface area contributed by atoms with Gasteiger partial charge in [0.1, 0.15) is 0 Å². The molecule has 2 aliphatic rings. The van der Waals surface area contributed by atoms with E-state index in [1.54, 1.807) is 0 Å². The predicted octanol–water partition coefficient (Wildman–Crippen LogP) is 6.24. The SMILES string of the molecule is Cc1c(Cl)ccc2c1N[C@H](c1ccccc1Br)[C@@H]1CC=C[C@H]21. The number of nitrogens with one attached hydrogen (secondary N) is 1. The van der Waals surface area contributed by atoms with Crippen LogP contribution in [0.3, 0.4) is 0 Å². The molecule has 0 aromatic heterocycles. The second kappa shape index (κ2) is 5.43. The molecule has 0 saturated carbocycles. The second-order valence-electron chi connectivity index (χ2n) is 6.13. The van der Waals surface area contributed by atoms with Gasteiger partial charge in [-0.3, -0.25) is 0 Å². The fraction of sp³-hybridized carbons (Fsp3) is 0.263. The van der Waals surface area contributed by atoms with E-state index in [1.165, 1.54) is 21.3 Å². The Hall–Kier alpha value is -1.25. The average Bonchev–Trinajstić information content (AvgIpc) is 3.00. The minimum Gasteiger partial charge on any atom is -0.377 e. The van der Waals surface area contributed by atoms with E-state index < -0.39 is 0 Å². The van der Waals surface area contributed by atoms with Gasteiger partial charge in [-0.1, -0.05) is 63.9 Å². The first-order chi connectivity index (χ1) is 10.7. The van der Waals surface area contributed by atoms with E-state index >= 15 is 0 Å². The van der Waals surface area contributed by atoms with E-state index in [2.05, 4.69) is 70.7 Å². The highest BCUT2D eigenvalue weighted by atomic mass is 79.9. The van der Waals surface area contributed by atoms with Crippen molar-refractivity contribution in [3.8, 4) is 0 Å². The standard InChI is InChI=1S/C19H17BrClN/c1-11-17(21)10-9-14-12-6-4-7-13(12)19(22-18(11)14)15-5-2-3-8-16(15)20/h2-6,8-10,12-13,19,22H,7H2,1H3/t12-,13+,19-/m0/s1. The molecule has 1 aliphatic heterocycles. The Morgan fingerprint density at radius 3 is 2.77 bits per heavy atom. The third kappa shape index (κ3) is 2.12. The Morgan fingerprint density at radius 1 is 1.14 bits per heavy atom. The van der Waals surface area contributed by atoms with Gasteiger partial charge >= 0.3 is 0 Å². The molecule has 2 aromatic carbocycles. The van der Waals surface area contributed by atoms with E-state index in [-0.39, 0.29) is 0 Å². The number of anilines is 1. The van der Waals surface area contributed by atoms with Crippen LogP contribution in [0.5, 0.6) is 0 Å². The molecule has 0 spiro atoms. The zero-order valence-corrected chi connectivity index (χ0v) is 14.7. The molecular weight excluding hydrogens is 358 g/mol. The van der Waals surface area contributed by atoms with Crippen LogP contribution in [-0.4, -0.2) is 0 Å². The van der Waals surface area contributed by atoms with Gasteiger partial charge in [0, 0.05) is 21.1 Å². The molecule has 1 heterocycles. The maximum atomic E-state index is 6.35. The summed E-state index contributed by atoms with van der Waals surface area (Å²) in [5.41, 5.74) is 5.06. The third-order valence-corrected chi connectivity index (χ3v) is 6.10. The number of rotatable bonds is 1. The summed E-state index contributed by atoms with van der Waals surface area (Å²) in [5.74, 6) is 1.04. The van der Waals surface area contributed by atoms with Crippen molar-refractivity contribution < 1.29 is 0 Å². The largest absolute Gasteiger partial charge is 0.377 e. The number of hydrogen-bond donors (Lipinski definition) is 1. The maximum Gasteiger partial charge on any atom is 0.0565 e. The number of fused-ring (bicyclic) bond motifs is 3. The molecule has 4 rings (SSSR count). The molecule has 1 nitrogen and oxygen atoms in total. The Morgan fingerprint density at radius 2 is 1.95 bits per heavy atom. The number of hydrogen-bond acceptors (Lipinski definition) is 1. The predicted molar refractivity (Wildman–Crippen MR) is 96.7 cm³/mol. The first-order valence-electron chi connectivity index (χ1n) is 7.63. The van der Waals surface area contributed by atoms with Crippen LogP contribution in [0.4, 0.5) is 5.69 Å². The molecule has 0 fully saturated rings. The minimum atomic E-state index is 0.306. The molecule has 3 atom stereocenters. The highest BCUT2D eigenvalue weighted by Crippen LogP contribution is 2.52. The van der Waals surface area contributed by atoms with Crippen LogP contribution in [0, 0.1) is 12.8 Å². The lowest BCUT2D eigenvalue weighted by Gasteiger charge is -2.38. The van der Waals surface area contributed by atoms with E-state index in [0.29, 0.717) is 17.9 Å². The highest BCUT2D eigenvalue weighted by molar-refractivity contribution is 9.10. The lowest BCUT2D eigenvalue weighted by molar-refractivity contribution is 0.424. The van der Waals surface area contributed by atoms with E-state index in [4.69, 9.17) is 11.6 Å². The van der Waals surface area contributed by atoms with Crippen molar-refractivity contribution in [1.29, 1.82) is 0 Å². The molecule has 3 heteroatoms. The normalized spacial score (nSPS) is 25.5. The Labute approximate surface area is 144 Å². The monoisotopic (exact) mass is 373 g/mol. The lowest BCUT2D eigenvalue weighted by atomic mass is 9.76. The van der Waals surface area contributed by atoms with Crippen LogP contribution in [0.15, 0.2) is 53.0 Å². The summed E-state index contributed by atoms with van der Waals surface area (Å²) in [4.78, 5) is 0. The molecule has 0 saturated heterocycles. The van der Waals surface area contributed by atoms with Gasteiger partial charge in [0.15, 0.2) is 0 Å². The summed E-state index contributed by atoms with van der Waals surface area (Å²) in [7, 11) is 0. The van der Waals surface area contributed by atoms with Crippen LogP contribution in [-0.2, 0) is 0 Å². The summed E-state index contributed by atoms with van der Waals surface area (Å²) < 4.78 is 1.17. The minimum absolute atomic E-state index is 0.306. The second-order valence-corrected chi connectivity index (χ2v) is 7.40. The van der Waals surface area contributed by atoms with Gasteiger partial charge in [-0.05, 0) is 48.1 Å². The maximum absolute atomic E-state index is 6.35. The van der Waals surface area contributed by atoms with Crippen molar-refractivity contribution in [3.63, 3.8) is 0 Å². The average molecular weight is 375 g/mol. The summed E-state index contributed by atoms with van der Waals surface area (Å²) in [6.45, 7) is 2.10. The van der Waals surface area contributed by atoms with Gasteiger partial charge in [-0.25, -0.2) is 0 Å². The fourth-order valence-electron chi connectivity index (χ4n) is 3.82. The van der Waals surface area contributed by atoms with Crippen molar-refractivity contribution in [2.24, 2.45) is 5.92 Å². The summed E-state index contributed by atoms with van der Waals surface area (Å²) in [6, 6.07) is 13.0. The van der Waals surface area contributed by atoms with Crippen LogP contribution in [0.1, 0.15) is 35.1 Å².